The van der Waals surface area contributed by atoms with Crippen LogP contribution in [0.2, 0.25) is 10.0 Å². The minimum absolute atomic E-state index is 0.00825. The zero-order valence-electron chi connectivity index (χ0n) is 16.9. The number of aliphatic carboxylic acids is 1. The lowest BCUT2D eigenvalue weighted by Crippen LogP contribution is -2.06. The third kappa shape index (κ3) is 3.71. The Labute approximate surface area is 184 Å². The number of aryl methyl sites for hydroxylation is 2. The van der Waals surface area contributed by atoms with Crippen molar-refractivity contribution in [3.63, 3.8) is 0 Å². The molecule has 0 amide bonds. The van der Waals surface area contributed by atoms with E-state index in [1.54, 1.807) is 0 Å². The van der Waals surface area contributed by atoms with E-state index < -0.39 is 5.97 Å². The molecule has 4 aromatic rings. The second-order valence-corrected chi connectivity index (χ2v) is 8.30. The quantitative estimate of drug-likeness (QED) is 0.435. The maximum absolute atomic E-state index is 11.1. The lowest BCUT2D eigenvalue weighted by molar-refractivity contribution is -0.136. The standard InChI is InChI=1S/C23H21Cl2N3O2/c1-13-18(10-23(29)30)14(2)28(26-13)12-15-4-6-16(7-5-15)21-9-17-8-19(24)20(25)11-22(17)27(21)3/h4-9,11H,10,12H2,1-3H3,(H,29,30). The Morgan fingerprint density at radius 1 is 1.07 bits per heavy atom. The molecule has 1 N–H and O–H groups in total. The van der Waals surface area contributed by atoms with Gasteiger partial charge in [-0.05, 0) is 43.2 Å². The van der Waals surface area contributed by atoms with Gasteiger partial charge in [-0.25, -0.2) is 0 Å². The molecule has 0 aliphatic rings. The first-order chi connectivity index (χ1) is 14.2. The second-order valence-electron chi connectivity index (χ2n) is 7.49. The van der Waals surface area contributed by atoms with Gasteiger partial charge in [0, 0.05) is 34.9 Å². The molecule has 2 aromatic carbocycles. The average Bonchev–Trinajstić information content (AvgIpc) is 3.14. The summed E-state index contributed by atoms with van der Waals surface area (Å²) in [6, 6.07) is 14.2. The van der Waals surface area contributed by atoms with E-state index in [0.717, 1.165) is 44.7 Å². The van der Waals surface area contributed by atoms with Gasteiger partial charge in [-0.15, -0.1) is 0 Å². The van der Waals surface area contributed by atoms with Gasteiger partial charge in [0.1, 0.15) is 0 Å². The van der Waals surface area contributed by atoms with Crippen molar-refractivity contribution in [2.75, 3.05) is 0 Å². The summed E-state index contributed by atoms with van der Waals surface area (Å²) in [5.74, 6) is -0.845. The number of benzene rings is 2. The third-order valence-electron chi connectivity index (χ3n) is 5.53. The van der Waals surface area contributed by atoms with Crippen LogP contribution in [0, 0.1) is 13.8 Å². The molecule has 2 aromatic heterocycles. The Bertz CT molecular complexity index is 1270. The summed E-state index contributed by atoms with van der Waals surface area (Å²) >= 11 is 12.3. The highest BCUT2D eigenvalue weighted by Gasteiger charge is 2.15. The fraction of sp³-hybridized carbons (Fsp3) is 0.217. The highest BCUT2D eigenvalue weighted by molar-refractivity contribution is 6.42. The Morgan fingerprint density at radius 2 is 1.73 bits per heavy atom. The largest absolute Gasteiger partial charge is 0.481 e. The fourth-order valence-electron chi connectivity index (χ4n) is 3.86. The van der Waals surface area contributed by atoms with E-state index in [0.29, 0.717) is 16.6 Å². The normalized spacial score (nSPS) is 11.4. The molecule has 0 saturated carbocycles. The molecule has 0 saturated heterocycles. The molecule has 0 aliphatic heterocycles. The van der Waals surface area contributed by atoms with Gasteiger partial charge in [0.15, 0.2) is 0 Å². The minimum Gasteiger partial charge on any atom is -0.481 e. The van der Waals surface area contributed by atoms with Crippen LogP contribution in [0.25, 0.3) is 22.2 Å². The first-order valence-electron chi connectivity index (χ1n) is 9.53. The summed E-state index contributed by atoms with van der Waals surface area (Å²) in [7, 11) is 2.01. The minimum atomic E-state index is -0.845. The molecule has 2 heterocycles. The van der Waals surface area contributed by atoms with Gasteiger partial charge < -0.3 is 9.67 Å². The SMILES string of the molecule is Cc1nn(Cc2ccc(-c3cc4cc(Cl)c(Cl)cc4n3C)cc2)c(C)c1CC(=O)O. The zero-order chi connectivity index (χ0) is 21.6. The van der Waals surface area contributed by atoms with Gasteiger partial charge in [0.05, 0.1) is 28.7 Å². The van der Waals surface area contributed by atoms with Crippen molar-refractivity contribution >= 4 is 40.1 Å². The van der Waals surface area contributed by atoms with Crippen LogP contribution in [0.3, 0.4) is 0 Å². The Kier molecular flexibility index (Phi) is 5.35. The van der Waals surface area contributed by atoms with Crippen molar-refractivity contribution in [3.05, 3.63) is 75.0 Å². The number of hydrogen-bond donors (Lipinski definition) is 1. The van der Waals surface area contributed by atoms with Crippen molar-refractivity contribution in [2.24, 2.45) is 7.05 Å². The summed E-state index contributed by atoms with van der Waals surface area (Å²) in [6.45, 7) is 4.36. The molecule has 4 rings (SSSR count). The molecule has 0 unspecified atom stereocenters. The van der Waals surface area contributed by atoms with E-state index in [-0.39, 0.29) is 6.42 Å². The number of rotatable bonds is 5. The smallest absolute Gasteiger partial charge is 0.307 e. The molecular weight excluding hydrogens is 421 g/mol. The number of carbonyl (C=O) groups is 1. The van der Waals surface area contributed by atoms with Crippen molar-refractivity contribution in [3.8, 4) is 11.3 Å². The zero-order valence-corrected chi connectivity index (χ0v) is 18.4. The Morgan fingerprint density at radius 3 is 2.40 bits per heavy atom. The van der Waals surface area contributed by atoms with Crippen LogP contribution >= 0.6 is 23.2 Å². The number of aromatic nitrogens is 3. The van der Waals surface area contributed by atoms with Crippen LogP contribution in [-0.4, -0.2) is 25.4 Å². The second kappa shape index (κ2) is 7.82. The number of halogens is 2. The van der Waals surface area contributed by atoms with E-state index >= 15 is 0 Å². The first kappa shape index (κ1) is 20.5. The van der Waals surface area contributed by atoms with Crippen LogP contribution in [0.5, 0.6) is 0 Å². The molecule has 0 aliphatic carbocycles. The van der Waals surface area contributed by atoms with E-state index in [1.807, 2.05) is 37.7 Å². The summed E-state index contributed by atoms with van der Waals surface area (Å²) in [4.78, 5) is 11.1. The fourth-order valence-corrected chi connectivity index (χ4v) is 4.19. The molecule has 154 valence electrons. The van der Waals surface area contributed by atoms with E-state index in [4.69, 9.17) is 28.3 Å². The number of carboxylic acid groups (broad SMARTS) is 1. The number of nitrogens with zero attached hydrogens (tertiary/aromatic N) is 3. The lowest BCUT2D eigenvalue weighted by atomic mass is 10.1. The molecule has 0 bridgehead atoms. The van der Waals surface area contributed by atoms with Crippen LogP contribution in [0.1, 0.15) is 22.5 Å². The molecule has 0 fully saturated rings. The predicted octanol–water partition coefficient (Wildman–Crippen LogP) is 5.64. The number of fused-ring (bicyclic) bond motifs is 1. The summed E-state index contributed by atoms with van der Waals surface area (Å²) in [5, 5.41) is 15.8. The van der Waals surface area contributed by atoms with Gasteiger partial charge in [0.25, 0.3) is 0 Å². The number of hydrogen-bond acceptors (Lipinski definition) is 2. The van der Waals surface area contributed by atoms with Gasteiger partial charge in [-0.3, -0.25) is 9.48 Å². The monoisotopic (exact) mass is 441 g/mol. The average molecular weight is 442 g/mol. The maximum atomic E-state index is 11.1. The number of carboxylic acids is 1. The van der Waals surface area contributed by atoms with Gasteiger partial charge in [0.2, 0.25) is 0 Å². The molecule has 0 radical (unpaired) electrons. The highest BCUT2D eigenvalue weighted by atomic mass is 35.5. The van der Waals surface area contributed by atoms with Crippen molar-refractivity contribution in [2.45, 2.75) is 26.8 Å². The molecule has 0 atom stereocenters. The molecular formula is C23H21Cl2N3O2. The summed E-state index contributed by atoms with van der Waals surface area (Å²) < 4.78 is 3.97. The van der Waals surface area contributed by atoms with Gasteiger partial charge in [-0.1, -0.05) is 47.5 Å². The first-order valence-corrected chi connectivity index (χ1v) is 10.3. The van der Waals surface area contributed by atoms with Crippen LogP contribution in [0.4, 0.5) is 0 Å². The lowest BCUT2D eigenvalue weighted by Gasteiger charge is -2.08. The maximum Gasteiger partial charge on any atom is 0.307 e. The molecule has 7 heteroatoms. The summed E-state index contributed by atoms with van der Waals surface area (Å²) in [5.41, 5.74) is 6.72. The predicted molar refractivity (Wildman–Crippen MR) is 121 cm³/mol. The van der Waals surface area contributed by atoms with E-state index in [9.17, 15) is 4.79 Å². The highest BCUT2D eigenvalue weighted by Crippen LogP contribution is 2.33. The van der Waals surface area contributed by atoms with Crippen LogP contribution in [-0.2, 0) is 24.8 Å². The van der Waals surface area contributed by atoms with Crippen molar-refractivity contribution < 1.29 is 9.90 Å². The Hall–Kier alpha value is -2.76. The topological polar surface area (TPSA) is 60.0 Å². The molecule has 30 heavy (non-hydrogen) atoms. The van der Waals surface area contributed by atoms with Crippen molar-refractivity contribution in [1.82, 2.24) is 14.3 Å². The van der Waals surface area contributed by atoms with Crippen molar-refractivity contribution in [1.29, 1.82) is 0 Å². The molecule has 5 nitrogen and oxygen atoms in total. The summed E-state index contributed by atoms with van der Waals surface area (Å²) in [6.07, 6.45) is -0.00825. The van der Waals surface area contributed by atoms with E-state index in [2.05, 4.69) is 40.0 Å². The third-order valence-corrected chi connectivity index (χ3v) is 6.25. The van der Waals surface area contributed by atoms with E-state index in [1.165, 1.54) is 0 Å². The van der Waals surface area contributed by atoms with Crippen LogP contribution < -0.4 is 0 Å². The van der Waals surface area contributed by atoms with Gasteiger partial charge >= 0.3 is 5.97 Å². The Balaban J connectivity index is 1.62. The van der Waals surface area contributed by atoms with Gasteiger partial charge in [-0.2, -0.15) is 5.10 Å². The molecule has 0 spiro atoms. The van der Waals surface area contributed by atoms with Crippen LogP contribution in [0.15, 0.2) is 42.5 Å².